The van der Waals surface area contributed by atoms with Gasteiger partial charge in [0.2, 0.25) is 0 Å². The molecule has 2 amide bonds. The second kappa shape index (κ2) is 10.3. The van der Waals surface area contributed by atoms with Crippen LogP contribution < -0.4 is 10.9 Å². The Morgan fingerprint density at radius 2 is 1.61 bits per heavy atom. The molecule has 0 aliphatic rings. The quantitative estimate of drug-likeness (QED) is 0.420. The molecule has 0 aliphatic carbocycles. The van der Waals surface area contributed by atoms with Crippen molar-refractivity contribution in [3.05, 3.63) is 65.7 Å². The van der Waals surface area contributed by atoms with E-state index >= 15 is 0 Å². The molecule has 0 bridgehead atoms. The molecule has 2 aromatic carbocycles. The lowest BCUT2D eigenvalue weighted by Gasteiger charge is -2.15. The lowest BCUT2D eigenvalue weighted by atomic mass is 10.2. The largest absolute Gasteiger partial charge is 0.449 e. The van der Waals surface area contributed by atoms with E-state index in [0.29, 0.717) is 10.5 Å². The van der Waals surface area contributed by atoms with Gasteiger partial charge >= 0.3 is 5.97 Å². The van der Waals surface area contributed by atoms with Gasteiger partial charge in [-0.2, -0.15) is 0 Å². The molecule has 0 aromatic heterocycles. The van der Waals surface area contributed by atoms with Gasteiger partial charge < -0.3 is 4.74 Å². The number of hydrogen-bond acceptors (Lipinski definition) is 6. The monoisotopic (exact) mass is 400 g/mol. The predicted molar refractivity (Wildman–Crippen MR) is 105 cm³/mol. The summed E-state index contributed by atoms with van der Waals surface area (Å²) in [6.07, 6.45) is -1.13. The molecule has 28 heavy (non-hydrogen) atoms. The number of carbonyl (C=O) groups is 4. The number of hydrogen-bond donors (Lipinski definition) is 2. The van der Waals surface area contributed by atoms with Crippen molar-refractivity contribution in [1.82, 2.24) is 10.9 Å². The van der Waals surface area contributed by atoms with Crippen molar-refractivity contribution in [2.75, 3.05) is 5.75 Å². The van der Waals surface area contributed by atoms with Crippen LogP contribution in [-0.2, 0) is 14.3 Å². The average Bonchev–Trinajstić information content (AvgIpc) is 2.70. The van der Waals surface area contributed by atoms with E-state index in [2.05, 4.69) is 10.9 Å². The van der Waals surface area contributed by atoms with Crippen LogP contribution in [0.2, 0.25) is 0 Å². The van der Waals surface area contributed by atoms with Crippen molar-refractivity contribution in [3.8, 4) is 0 Å². The molecule has 1 atom stereocenters. The van der Waals surface area contributed by atoms with Crippen molar-refractivity contribution < 1.29 is 23.9 Å². The number of benzene rings is 2. The molecule has 2 rings (SSSR count). The number of amides is 2. The first-order valence-electron chi connectivity index (χ1n) is 8.46. The van der Waals surface area contributed by atoms with Gasteiger partial charge in [0.15, 0.2) is 6.10 Å². The van der Waals surface area contributed by atoms with Crippen LogP contribution >= 0.6 is 11.8 Å². The molecule has 0 radical (unpaired) electrons. The van der Waals surface area contributed by atoms with E-state index in [1.807, 2.05) is 0 Å². The molecule has 0 saturated carbocycles. The van der Waals surface area contributed by atoms with Crippen LogP contribution in [0.15, 0.2) is 59.5 Å². The molecule has 146 valence electrons. The molecule has 0 fully saturated rings. The number of carbonyl (C=O) groups excluding carboxylic acids is 4. The van der Waals surface area contributed by atoms with E-state index in [4.69, 9.17) is 4.74 Å². The number of nitrogens with one attached hydrogen (secondary N) is 2. The van der Waals surface area contributed by atoms with Crippen molar-refractivity contribution in [2.45, 2.75) is 24.8 Å². The van der Waals surface area contributed by atoms with E-state index in [1.165, 1.54) is 25.6 Å². The third-order valence-corrected chi connectivity index (χ3v) is 4.74. The molecule has 0 heterocycles. The summed E-state index contributed by atoms with van der Waals surface area (Å²) < 4.78 is 5.18. The number of Topliss-reactive ketones (excluding diaryl/α,β-unsaturated/α-hetero) is 1. The number of thioether (sulfide) groups is 1. The van der Waals surface area contributed by atoms with Crippen LogP contribution in [0.3, 0.4) is 0 Å². The minimum absolute atomic E-state index is 0.0185. The first kappa shape index (κ1) is 21.2. The first-order chi connectivity index (χ1) is 13.4. The number of esters is 1. The van der Waals surface area contributed by atoms with Crippen LogP contribution in [0.25, 0.3) is 0 Å². The Kier molecular flexibility index (Phi) is 7.76. The van der Waals surface area contributed by atoms with Crippen LogP contribution in [0.5, 0.6) is 0 Å². The van der Waals surface area contributed by atoms with Crippen LogP contribution in [-0.4, -0.2) is 35.4 Å². The molecule has 0 spiro atoms. The molecule has 8 heteroatoms. The summed E-state index contributed by atoms with van der Waals surface area (Å²) in [5, 5.41) is 0. The van der Waals surface area contributed by atoms with Crippen molar-refractivity contribution in [2.24, 2.45) is 0 Å². The fraction of sp³-hybridized carbons (Fsp3) is 0.200. The third-order valence-electron chi connectivity index (χ3n) is 3.53. The number of rotatable bonds is 7. The maximum absolute atomic E-state index is 12.4. The molecule has 2 N–H and O–H groups in total. The first-order valence-corrected chi connectivity index (χ1v) is 9.44. The normalized spacial score (nSPS) is 11.2. The Morgan fingerprint density at radius 1 is 0.964 bits per heavy atom. The van der Waals surface area contributed by atoms with Crippen molar-refractivity contribution in [1.29, 1.82) is 0 Å². The summed E-state index contributed by atoms with van der Waals surface area (Å²) in [5.74, 6) is -1.64. The van der Waals surface area contributed by atoms with Gasteiger partial charge in [-0.1, -0.05) is 30.3 Å². The predicted octanol–water partition coefficient (Wildman–Crippen LogP) is 2.37. The summed E-state index contributed by atoms with van der Waals surface area (Å²) in [6.45, 7) is 2.86. The highest BCUT2D eigenvalue weighted by atomic mass is 32.2. The topological polar surface area (TPSA) is 102 Å². The van der Waals surface area contributed by atoms with Crippen molar-refractivity contribution in [3.63, 3.8) is 0 Å². The lowest BCUT2D eigenvalue weighted by molar-refractivity contribution is -0.129. The van der Waals surface area contributed by atoms with Gasteiger partial charge in [0, 0.05) is 10.5 Å². The molecule has 0 saturated heterocycles. The summed E-state index contributed by atoms with van der Waals surface area (Å²) in [4.78, 5) is 48.2. The molecule has 7 nitrogen and oxygen atoms in total. The lowest BCUT2D eigenvalue weighted by Crippen LogP contribution is -2.46. The summed E-state index contributed by atoms with van der Waals surface area (Å²) in [6, 6.07) is 15.0. The molecular formula is C20H20N2O5S. The highest BCUT2D eigenvalue weighted by Crippen LogP contribution is 2.23. The zero-order chi connectivity index (χ0) is 20.5. The molecule has 0 aliphatic heterocycles. The average molecular weight is 400 g/mol. The Morgan fingerprint density at radius 3 is 2.29 bits per heavy atom. The second-order valence-corrected chi connectivity index (χ2v) is 6.86. The Balaban J connectivity index is 1.92. The zero-order valence-corrected chi connectivity index (χ0v) is 16.2. The van der Waals surface area contributed by atoms with Crippen LogP contribution in [0.4, 0.5) is 0 Å². The Hall–Kier alpha value is -3.13. The maximum Gasteiger partial charge on any atom is 0.340 e. The van der Waals surface area contributed by atoms with E-state index in [1.54, 1.807) is 54.6 Å². The van der Waals surface area contributed by atoms with Gasteiger partial charge in [0.1, 0.15) is 5.78 Å². The highest BCUT2D eigenvalue weighted by Gasteiger charge is 2.21. The minimum atomic E-state index is -1.13. The van der Waals surface area contributed by atoms with Gasteiger partial charge in [-0.05, 0) is 38.1 Å². The summed E-state index contributed by atoms with van der Waals surface area (Å²) in [5.41, 5.74) is 5.14. The molecule has 0 unspecified atom stereocenters. The van der Waals surface area contributed by atoms with E-state index in [9.17, 15) is 19.2 Å². The standard InChI is InChI=1S/C20H20N2O5S/c1-13(23)12-28-17-11-7-6-10-16(17)20(26)27-14(2)18(24)21-22-19(25)15-8-4-3-5-9-15/h3-11,14H,12H2,1-2H3,(H,21,24)(H,22,25)/t14-/m1/s1. The summed E-state index contributed by atoms with van der Waals surface area (Å²) >= 11 is 1.22. The van der Waals surface area contributed by atoms with Gasteiger partial charge in [-0.25, -0.2) is 4.79 Å². The SMILES string of the molecule is CC(=O)CSc1ccccc1C(=O)O[C@H](C)C(=O)NNC(=O)c1ccccc1. The Labute approximate surface area is 166 Å². The smallest absolute Gasteiger partial charge is 0.340 e. The zero-order valence-electron chi connectivity index (χ0n) is 15.4. The van der Waals surface area contributed by atoms with E-state index in [0.717, 1.165) is 0 Å². The maximum atomic E-state index is 12.4. The van der Waals surface area contributed by atoms with Crippen molar-refractivity contribution >= 4 is 35.3 Å². The number of hydrazine groups is 1. The molecular weight excluding hydrogens is 380 g/mol. The van der Waals surface area contributed by atoms with Gasteiger partial charge in [0.25, 0.3) is 11.8 Å². The van der Waals surface area contributed by atoms with Gasteiger partial charge in [0.05, 0.1) is 11.3 Å². The second-order valence-electron chi connectivity index (χ2n) is 5.84. The number of ketones is 1. The fourth-order valence-corrected chi connectivity index (χ4v) is 2.94. The fourth-order valence-electron chi connectivity index (χ4n) is 2.10. The summed E-state index contributed by atoms with van der Waals surface area (Å²) in [7, 11) is 0. The van der Waals surface area contributed by atoms with Gasteiger partial charge in [-0.15, -0.1) is 11.8 Å². The Bertz CT molecular complexity index is 870. The van der Waals surface area contributed by atoms with E-state index < -0.39 is 23.9 Å². The van der Waals surface area contributed by atoms with Crippen LogP contribution in [0.1, 0.15) is 34.6 Å². The van der Waals surface area contributed by atoms with E-state index in [-0.39, 0.29) is 17.1 Å². The van der Waals surface area contributed by atoms with Crippen LogP contribution in [0, 0.1) is 0 Å². The third kappa shape index (κ3) is 6.24. The minimum Gasteiger partial charge on any atom is -0.449 e. The highest BCUT2D eigenvalue weighted by molar-refractivity contribution is 8.00. The van der Waals surface area contributed by atoms with Gasteiger partial charge in [-0.3, -0.25) is 25.2 Å². The molecule has 2 aromatic rings. The number of ether oxygens (including phenoxy) is 1.